The Kier molecular flexibility index (Phi) is 4.77. The largest absolute Gasteiger partial charge is 0.345 e. The van der Waals surface area contributed by atoms with Crippen LogP contribution in [-0.4, -0.2) is 15.5 Å². The van der Waals surface area contributed by atoms with Crippen molar-refractivity contribution in [1.29, 1.82) is 0 Å². The maximum absolute atomic E-state index is 12.7. The van der Waals surface area contributed by atoms with Gasteiger partial charge in [-0.25, -0.2) is 4.98 Å². The molecular weight excluding hydrogens is 354 g/mol. The summed E-state index contributed by atoms with van der Waals surface area (Å²) in [5.41, 5.74) is 3.19. The van der Waals surface area contributed by atoms with Gasteiger partial charge in [-0.3, -0.25) is 4.79 Å². The lowest BCUT2D eigenvalue weighted by molar-refractivity contribution is 0.0944. The van der Waals surface area contributed by atoms with Gasteiger partial charge in [0.05, 0.1) is 26.8 Å². The lowest BCUT2D eigenvalue weighted by atomic mass is 10.1. The van der Waals surface area contributed by atoms with Gasteiger partial charge in [-0.15, -0.1) is 11.3 Å². The molecule has 4 rings (SSSR count). The van der Waals surface area contributed by atoms with Crippen molar-refractivity contribution < 1.29 is 4.79 Å². The number of amides is 1. The van der Waals surface area contributed by atoms with Gasteiger partial charge in [0.25, 0.3) is 5.91 Å². The highest BCUT2D eigenvalue weighted by molar-refractivity contribution is 7.17. The molecule has 2 aromatic carbocycles. The van der Waals surface area contributed by atoms with Crippen LogP contribution in [0.4, 0.5) is 0 Å². The molecule has 0 fully saturated rings. The quantitative estimate of drug-likeness (QED) is 0.516. The van der Waals surface area contributed by atoms with Crippen LogP contribution < -0.4 is 5.32 Å². The Bertz CT molecular complexity index is 1080. The highest BCUT2D eigenvalue weighted by Crippen LogP contribution is 2.30. The molecule has 0 saturated heterocycles. The third-order valence-corrected chi connectivity index (χ3v) is 5.75. The van der Waals surface area contributed by atoms with Crippen molar-refractivity contribution in [1.82, 2.24) is 14.9 Å². The van der Waals surface area contributed by atoms with E-state index < -0.39 is 0 Å². The normalized spacial score (nSPS) is 12.2. The molecule has 0 radical (unpaired) electrons. The first kappa shape index (κ1) is 17.5. The maximum atomic E-state index is 12.7. The number of aromatic nitrogens is 2. The fraction of sp³-hybridized carbons (Fsp3) is 0.182. The summed E-state index contributed by atoms with van der Waals surface area (Å²) in [7, 11) is 0. The van der Waals surface area contributed by atoms with Crippen molar-refractivity contribution in [2.75, 3.05) is 0 Å². The van der Waals surface area contributed by atoms with Crippen LogP contribution in [0.25, 0.3) is 21.7 Å². The van der Waals surface area contributed by atoms with E-state index in [0.29, 0.717) is 4.88 Å². The maximum Gasteiger partial charge on any atom is 0.261 e. The molecule has 0 aliphatic carbocycles. The zero-order valence-corrected chi connectivity index (χ0v) is 16.2. The zero-order chi connectivity index (χ0) is 18.8. The van der Waals surface area contributed by atoms with E-state index in [0.717, 1.165) is 33.8 Å². The van der Waals surface area contributed by atoms with Crippen LogP contribution in [0.5, 0.6) is 0 Å². The van der Waals surface area contributed by atoms with Crippen LogP contribution in [0, 0.1) is 0 Å². The lowest BCUT2D eigenvalue weighted by Gasteiger charge is -2.13. The average Bonchev–Trinajstić information content (AvgIpc) is 3.33. The number of hydrogen-bond acceptors (Lipinski definition) is 3. The van der Waals surface area contributed by atoms with Gasteiger partial charge in [0.1, 0.15) is 0 Å². The highest BCUT2D eigenvalue weighted by Gasteiger charge is 2.17. The number of hydrogen-bond donors (Lipinski definition) is 1. The van der Waals surface area contributed by atoms with Gasteiger partial charge in [0.2, 0.25) is 0 Å². The van der Waals surface area contributed by atoms with Crippen LogP contribution in [0.2, 0.25) is 0 Å². The molecule has 0 aliphatic rings. The number of aryl methyl sites for hydroxylation is 1. The Morgan fingerprint density at radius 2 is 1.81 bits per heavy atom. The van der Waals surface area contributed by atoms with Gasteiger partial charge in [-0.1, -0.05) is 42.5 Å². The fourth-order valence-corrected chi connectivity index (χ4v) is 4.16. The molecule has 0 spiro atoms. The van der Waals surface area contributed by atoms with E-state index in [1.165, 1.54) is 11.3 Å². The Morgan fingerprint density at radius 1 is 1.07 bits per heavy atom. The summed E-state index contributed by atoms with van der Waals surface area (Å²) in [5, 5.41) is 3.08. The van der Waals surface area contributed by atoms with E-state index in [1.54, 1.807) is 0 Å². The van der Waals surface area contributed by atoms with Crippen LogP contribution in [0.15, 0.2) is 66.7 Å². The number of nitrogens with one attached hydrogen (secondary N) is 1. The van der Waals surface area contributed by atoms with E-state index in [4.69, 9.17) is 4.98 Å². The van der Waals surface area contributed by atoms with E-state index in [-0.39, 0.29) is 11.9 Å². The minimum atomic E-state index is -0.0539. The number of benzene rings is 2. The summed E-state index contributed by atoms with van der Waals surface area (Å²) < 4.78 is 2.19. The predicted octanol–water partition coefficient (Wildman–Crippen LogP) is 5.28. The number of nitrogens with zero attached hydrogens (tertiary/aromatic N) is 2. The summed E-state index contributed by atoms with van der Waals surface area (Å²) in [6.07, 6.45) is 0. The number of carbonyl (C=O) groups excluding carboxylic acids is 1. The molecule has 0 saturated carbocycles. The minimum Gasteiger partial charge on any atom is -0.345 e. The van der Waals surface area contributed by atoms with Gasteiger partial charge in [0, 0.05) is 6.54 Å². The van der Waals surface area contributed by atoms with Crippen LogP contribution in [-0.2, 0) is 6.54 Å². The molecule has 5 heteroatoms. The Balaban J connectivity index is 1.59. The van der Waals surface area contributed by atoms with Crippen molar-refractivity contribution in [3.05, 3.63) is 77.2 Å². The molecule has 2 heterocycles. The molecule has 4 nitrogen and oxygen atoms in total. The van der Waals surface area contributed by atoms with Gasteiger partial charge >= 0.3 is 0 Å². The standard InChI is InChI=1S/C22H21N3OS/c1-3-25-18-12-8-7-11-17(18)24-21(25)19-13-14-20(27-19)22(26)23-15(2)16-9-5-4-6-10-16/h4-15H,3H2,1-2H3,(H,23,26). The number of imidazole rings is 1. The smallest absolute Gasteiger partial charge is 0.261 e. The summed E-state index contributed by atoms with van der Waals surface area (Å²) in [6.45, 7) is 4.94. The lowest BCUT2D eigenvalue weighted by Crippen LogP contribution is -2.25. The Labute approximate surface area is 162 Å². The van der Waals surface area contributed by atoms with Crippen molar-refractivity contribution in [2.24, 2.45) is 0 Å². The first-order valence-electron chi connectivity index (χ1n) is 9.08. The topological polar surface area (TPSA) is 46.9 Å². The molecular formula is C22H21N3OS. The zero-order valence-electron chi connectivity index (χ0n) is 15.3. The summed E-state index contributed by atoms with van der Waals surface area (Å²) in [4.78, 5) is 19.2. The molecule has 4 aromatic rings. The Morgan fingerprint density at radius 3 is 2.59 bits per heavy atom. The van der Waals surface area contributed by atoms with E-state index >= 15 is 0 Å². The highest BCUT2D eigenvalue weighted by atomic mass is 32.1. The van der Waals surface area contributed by atoms with E-state index in [9.17, 15) is 4.79 Å². The minimum absolute atomic E-state index is 0.0375. The molecule has 136 valence electrons. The van der Waals surface area contributed by atoms with Gasteiger partial charge in [-0.05, 0) is 43.7 Å². The van der Waals surface area contributed by atoms with E-state index in [1.807, 2.05) is 67.6 Å². The molecule has 1 amide bonds. The molecule has 27 heavy (non-hydrogen) atoms. The average molecular weight is 375 g/mol. The first-order valence-corrected chi connectivity index (χ1v) is 9.90. The van der Waals surface area contributed by atoms with Crippen LogP contribution in [0.1, 0.15) is 35.1 Å². The number of carbonyl (C=O) groups is 1. The monoisotopic (exact) mass is 375 g/mol. The Hall–Kier alpha value is -2.92. The van der Waals surface area contributed by atoms with Gasteiger partial charge in [-0.2, -0.15) is 0 Å². The molecule has 0 aliphatic heterocycles. The third-order valence-electron chi connectivity index (χ3n) is 4.67. The van der Waals surface area contributed by atoms with Crippen molar-refractivity contribution in [3.63, 3.8) is 0 Å². The molecule has 1 atom stereocenters. The first-order chi connectivity index (χ1) is 13.2. The molecule has 0 bridgehead atoms. The van der Waals surface area contributed by atoms with Crippen molar-refractivity contribution in [3.8, 4) is 10.7 Å². The third kappa shape index (κ3) is 3.38. The predicted molar refractivity (Wildman–Crippen MR) is 111 cm³/mol. The summed E-state index contributed by atoms with van der Waals surface area (Å²) >= 11 is 1.48. The molecule has 1 unspecified atom stereocenters. The van der Waals surface area contributed by atoms with Crippen molar-refractivity contribution in [2.45, 2.75) is 26.4 Å². The fourth-order valence-electron chi connectivity index (χ4n) is 3.26. The number of fused-ring (bicyclic) bond motifs is 1. The summed E-state index contributed by atoms with van der Waals surface area (Å²) in [6, 6.07) is 21.9. The second kappa shape index (κ2) is 7.37. The summed E-state index contributed by atoms with van der Waals surface area (Å²) in [5.74, 6) is 0.862. The SMILES string of the molecule is CCn1c(-c2ccc(C(=O)NC(C)c3ccccc3)s2)nc2ccccc21. The second-order valence-corrected chi connectivity index (χ2v) is 7.52. The second-order valence-electron chi connectivity index (χ2n) is 6.44. The van der Waals surface area contributed by atoms with Crippen LogP contribution >= 0.6 is 11.3 Å². The van der Waals surface area contributed by atoms with Gasteiger partial charge in [0.15, 0.2) is 5.82 Å². The van der Waals surface area contributed by atoms with Crippen molar-refractivity contribution >= 4 is 28.3 Å². The van der Waals surface area contributed by atoms with Crippen LogP contribution in [0.3, 0.4) is 0 Å². The van der Waals surface area contributed by atoms with E-state index in [2.05, 4.69) is 22.9 Å². The molecule has 1 N–H and O–H groups in total. The van der Waals surface area contributed by atoms with Gasteiger partial charge < -0.3 is 9.88 Å². The number of thiophene rings is 1. The number of rotatable bonds is 5. The number of para-hydroxylation sites is 2. The molecule has 2 aromatic heterocycles.